The van der Waals surface area contributed by atoms with Crippen molar-refractivity contribution in [3.63, 3.8) is 0 Å². The zero-order valence-corrected chi connectivity index (χ0v) is 21.7. The molecule has 0 saturated carbocycles. The number of aryl methyl sites for hydroxylation is 1. The third-order valence-electron chi connectivity index (χ3n) is 7.12. The number of carboxylic acids is 1. The molecule has 3 N–H and O–H groups in total. The second-order valence-electron chi connectivity index (χ2n) is 9.74. The van der Waals surface area contributed by atoms with Crippen LogP contribution in [0.3, 0.4) is 0 Å². The Morgan fingerprint density at radius 3 is 2.30 bits per heavy atom. The van der Waals surface area contributed by atoms with E-state index in [1.807, 2.05) is 31.2 Å². The predicted octanol–water partition coefficient (Wildman–Crippen LogP) is 4.56. The lowest BCUT2D eigenvalue weighted by atomic mass is 9.85. The molecule has 200 valence electrons. The number of unbranched alkanes of at least 4 members (excludes halogenated alkanes) is 1. The lowest BCUT2D eigenvalue weighted by Gasteiger charge is -2.37. The highest BCUT2D eigenvalue weighted by Gasteiger charge is 2.37. The van der Waals surface area contributed by atoms with Crippen LogP contribution in [0.2, 0.25) is 0 Å². The standard InChI is InChI=1S/C29H38FN3O4/c1-3-4-6-24(29(36)37)19-23(28(35)33-26(27(34)31-2)7-5-18-32-33)13-10-20-8-11-21(12-9-20)22-14-16-25(30)17-15-22/h8-9,11-12,14-17,23-24,26,32H,3-7,10,13,18-19H2,1-2H3,(H,31,34)(H,36,37). The molecule has 1 saturated heterocycles. The Labute approximate surface area is 218 Å². The van der Waals surface area contributed by atoms with E-state index < -0.39 is 23.8 Å². The molecule has 37 heavy (non-hydrogen) atoms. The molecule has 0 aromatic heterocycles. The minimum atomic E-state index is -0.885. The first kappa shape index (κ1) is 28.3. The molecule has 2 amide bonds. The van der Waals surface area contributed by atoms with E-state index in [9.17, 15) is 23.9 Å². The van der Waals surface area contributed by atoms with Crippen LogP contribution in [0.4, 0.5) is 4.39 Å². The van der Waals surface area contributed by atoms with E-state index in [-0.39, 0.29) is 24.1 Å². The van der Waals surface area contributed by atoms with Gasteiger partial charge in [-0.25, -0.2) is 9.82 Å². The van der Waals surface area contributed by atoms with Gasteiger partial charge in [0.05, 0.1) is 5.92 Å². The van der Waals surface area contributed by atoms with Crippen molar-refractivity contribution in [1.29, 1.82) is 0 Å². The van der Waals surface area contributed by atoms with Crippen molar-refractivity contribution >= 4 is 17.8 Å². The first-order valence-corrected chi connectivity index (χ1v) is 13.2. The second-order valence-corrected chi connectivity index (χ2v) is 9.74. The first-order valence-electron chi connectivity index (χ1n) is 13.2. The van der Waals surface area contributed by atoms with E-state index in [1.54, 1.807) is 19.2 Å². The third kappa shape index (κ3) is 7.86. The van der Waals surface area contributed by atoms with Gasteiger partial charge in [-0.2, -0.15) is 0 Å². The predicted molar refractivity (Wildman–Crippen MR) is 141 cm³/mol. The molecule has 3 atom stereocenters. The number of carbonyl (C=O) groups is 3. The van der Waals surface area contributed by atoms with Crippen molar-refractivity contribution in [1.82, 2.24) is 15.8 Å². The zero-order chi connectivity index (χ0) is 26.8. The van der Waals surface area contributed by atoms with E-state index in [1.165, 1.54) is 17.1 Å². The number of hydrogen-bond donors (Lipinski definition) is 3. The molecule has 7 nitrogen and oxygen atoms in total. The fourth-order valence-corrected chi connectivity index (χ4v) is 4.90. The number of rotatable bonds is 12. The average molecular weight is 512 g/mol. The minimum Gasteiger partial charge on any atom is -0.481 e. The van der Waals surface area contributed by atoms with Gasteiger partial charge in [0, 0.05) is 19.5 Å². The van der Waals surface area contributed by atoms with Gasteiger partial charge in [-0.1, -0.05) is 56.2 Å². The number of carboxylic acid groups (broad SMARTS) is 1. The fourth-order valence-electron chi connectivity index (χ4n) is 4.90. The molecule has 0 radical (unpaired) electrons. The van der Waals surface area contributed by atoms with Crippen molar-refractivity contribution in [2.75, 3.05) is 13.6 Å². The summed E-state index contributed by atoms with van der Waals surface area (Å²) in [5.41, 5.74) is 5.99. The Balaban J connectivity index is 1.77. The first-order chi connectivity index (χ1) is 17.8. The van der Waals surface area contributed by atoms with E-state index in [0.29, 0.717) is 32.2 Å². The van der Waals surface area contributed by atoms with Gasteiger partial charge in [0.1, 0.15) is 11.9 Å². The number of amides is 2. The van der Waals surface area contributed by atoms with Crippen molar-refractivity contribution in [2.24, 2.45) is 11.8 Å². The normalized spacial score (nSPS) is 17.2. The molecule has 1 aliphatic heterocycles. The van der Waals surface area contributed by atoms with Crippen LogP contribution in [0.15, 0.2) is 48.5 Å². The maximum absolute atomic E-state index is 13.7. The molecule has 1 fully saturated rings. The van der Waals surface area contributed by atoms with Gasteiger partial charge in [-0.3, -0.25) is 19.4 Å². The summed E-state index contributed by atoms with van der Waals surface area (Å²) in [6, 6.07) is 13.6. The molecular formula is C29H38FN3O4. The number of likely N-dealkylation sites (N-methyl/N-ethyl adjacent to an activating group) is 1. The van der Waals surface area contributed by atoms with Crippen LogP contribution in [0.5, 0.6) is 0 Å². The van der Waals surface area contributed by atoms with Gasteiger partial charge >= 0.3 is 5.97 Å². The molecule has 3 unspecified atom stereocenters. The molecule has 1 aliphatic rings. The van der Waals surface area contributed by atoms with Crippen LogP contribution < -0.4 is 10.7 Å². The Morgan fingerprint density at radius 2 is 1.70 bits per heavy atom. The average Bonchev–Trinajstić information content (AvgIpc) is 2.92. The number of hydrogen-bond acceptors (Lipinski definition) is 4. The van der Waals surface area contributed by atoms with Crippen LogP contribution in [-0.4, -0.2) is 47.5 Å². The van der Waals surface area contributed by atoms with Crippen molar-refractivity contribution < 1.29 is 23.9 Å². The maximum Gasteiger partial charge on any atom is 0.306 e. The number of hydrazine groups is 1. The van der Waals surface area contributed by atoms with Gasteiger partial charge < -0.3 is 10.4 Å². The quantitative estimate of drug-likeness (QED) is 0.388. The maximum atomic E-state index is 13.7. The molecule has 2 aromatic carbocycles. The highest BCUT2D eigenvalue weighted by atomic mass is 19.1. The summed E-state index contributed by atoms with van der Waals surface area (Å²) in [4.78, 5) is 38.2. The molecule has 0 bridgehead atoms. The van der Waals surface area contributed by atoms with E-state index in [4.69, 9.17) is 0 Å². The van der Waals surface area contributed by atoms with Gasteiger partial charge in [0.2, 0.25) is 11.8 Å². The van der Waals surface area contributed by atoms with Gasteiger partial charge in [0.15, 0.2) is 0 Å². The van der Waals surface area contributed by atoms with Crippen LogP contribution in [0, 0.1) is 17.7 Å². The summed E-state index contributed by atoms with van der Waals surface area (Å²) < 4.78 is 13.2. The summed E-state index contributed by atoms with van der Waals surface area (Å²) in [5.74, 6) is -2.76. The SMILES string of the molecule is CCCCC(CC(CCc1ccc(-c2ccc(F)cc2)cc1)C(=O)N1NCCCC1C(=O)NC)C(=O)O. The molecule has 1 heterocycles. The molecule has 8 heteroatoms. The lowest BCUT2D eigenvalue weighted by molar-refractivity contribution is -0.151. The highest BCUT2D eigenvalue weighted by molar-refractivity contribution is 5.88. The van der Waals surface area contributed by atoms with Crippen LogP contribution in [-0.2, 0) is 20.8 Å². The summed E-state index contributed by atoms with van der Waals surface area (Å²) in [5, 5.41) is 13.9. The Morgan fingerprint density at radius 1 is 1.05 bits per heavy atom. The summed E-state index contributed by atoms with van der Waals surface area (Å²) in [6.07, 6.45) is 4.84. The van der Waals surface area contributed by atoms with Crippen molar-refractivity contribution in [3.05, 3.63) is 59.9 Å². The Bertz CT molecular complexity index is 1040. The van der Waals surface area contributed by atoms with E-state index in [2.05, 4.69) is 10.7 Å². The minimum absolute atomic E-state index is 0.223. The van der Waals surface area contributed by atoms with Crippen LogP contribution >= 0.6 is 0 Å². The van der Waals surface area contributed by atoms with E-state index >= 15 is 0 Å². The van der Waals surface area contributed by atoms with E-state index in [0.717, 1.165) is 36.0 Å². The topological polar surface area (TPSA) is 98.7 Å². The molecule has 0 spiro atoms. The third-order valence-corrected chi connectivity index (χ3v) is 7.12. The number of nitrogens with zero attached hydrogens (tertiary/aromatic N) is 1. The summed E-state index contributed by atoms with van der Waals surface area (Å²) >= 11 is 0. The number of carbonyl (C=O) groups excluding carboxylic acids is 2. The number of benzene rings is 2. The summed E-state index contributed by atoms with van der Waals surface area (Å²) in [6.45, 7) is 2.61. The Hall–Kier alpha value is -3.26. The van der Waals surface area contributed by atoms with Crippen molar-refractivity contribution in [2.45, 2.75) is 64.3 Å². The lowest BCUT2D eigenvalue weighted by Crippen LogP contribution is -2.59. The Kier molecular flexibility index (Phi) is 10.6. The van der Waals surface area contributed by atoms with Crippen molar-refractivity contribution in [3.8, 4) is 11.1 Å². The molecule has 0 aliphatic carbocycles. The number of aliphatic carboxylic acids is 1. The van der Waals surface area contributed by atoms with Gasteiger partial charge in [-0.15, -0.1) is 0 Å². The molecular weight excluding hydrogens is 473 g/mol. The molecule has 3 rings (SSSR count). The summed E-state index contributed by atoms with van der Waals surface area (Å²) in [7, 11) is 1.55. The fraction of sp³-hybridized carbons (Fsp3) is 0.483. The van der Waals surface area contributed by atoms with Gasteiger partial charge in [0.25, 0.3) is 0 Å². The van der Waals surface area contributed by atoms with Crippen LogP contribution in [0.25, 0.3) is 11.1 Å². The number of halogens is 1. The monoisotopic (exact) mass is 511 g/mol. The van der Waals surface area contributed by atoms with Crippen LogP contribution in [0.1, 0.15) is 57.4 Å². The number of nitrogens with one attached hydrogen (secondary N) is 2. The second kappa shape index (κ2) is 13.9. The smallest absolute Gasteiger partial charge is 0.306 e. The zero-order valence-electron chi connectivity index (χ0n) is 21.7. The highest BCUT2D eigenvalue weighted by Crippen LogP contribution is 2.27. The molecule has 2 aromatic rings. The van der Waals surface area contributed by atoms with Gasteiger partial charge in [-0.05, 0) is 67.3 Å². The largest absolute Gasteiger partial charge is 0.481 e.